The standard InChI is InChI=1S/C19H28ClN3O3/c1-4-23(11-19(25)26)16-9-15(10-16)21-13(3)7-18(24)22-17-8-14(20)6-5-12(17)2/h5-6,8,13,15-16,21H,4,7,9-11H2,1-3H3,(H,22,24)(H,25,26). The molecule has 0 heterocycles. The Bertz CT molecular complexity index is 647. The van der Waals surface area contributed by atoms with Gasteiger partial charge in [0.25, 0.3) is 0 Å². The lowest BCUT2D eigenvalue weighted by Gasteiger charge is -2.43. The van der Waals surface area contributed by atoms with Crippen LogP contribution in [-0.4, -0.2) is 53.1 Å². The van der Waals surface area contributed by atoms with Gasteiger partial charge in [-0.2, -0.15) is 0 Å². The highest BCUT2D eigenvalue weighted by atomic mass is 35.5. The van der Waals surface area contributed by atoms with Crippen LogP contribution in [0, 0.1) is 6.92 Å². The number of aliphatic carboxylic acids is 1. The van der Waals surface area contributed by atoms with Crippen molar-refractivity contribution in [2.24, 2.45) is 0 Å². The van der Waals surface area contributed by atoms with Crippen molar-refractivity contribution in [1.82, 2.24) is 10.2 Å². The van der Waals surface area contributed by atoms with E-state index >= 15 is 0 Å². The van der Waals surface area contributed by atoms with Crippen molar-refractivity contribution in [3.63, 3.8) is 0 Å². The van der Waals surface area contributed by atoms with E-state index in [1.54, 1.807) is 12.1 Å². The van der Waals surface area contributed by atoms with Gasteiger partial charge >= 0.3 is 5.97 Å². The summed E-state index contributed by atoms with van der Waals surface area (Å²) < 4.78 is 0. The first kappa shape index (κ1) is 20.7. The van der Waals surface area contributed by atoms with Crippen LogP contribution in [-0.2, 0) is 9.59 Å². The number of carboxylic acid groups (broad SMARTS) is 1. The van der Waals surface area contributed by atoms with E-state index in [0.717, 1.165) is 30.6 Å². The molecule has 1 aromatic carbocycles. The van der Waals surface area contributed by atoms with Crippen molar-refractivity contribution >= 4 is 29.2 Å². The van der Waals surface area contributed by atoms with Crippen molar-refractivity contribution in [3.8, 4) is 0 Å². The van der Waals surface area contributed by atoms with Crippen molar-refractivity contribution < 1.29 is 14.7 Å². The SMILES string of the molecule is CCN(CC(=O)O)C1CC(NC(C)CC(=O)Nc2cc(Cl)ccc2C)C1. The van der Waals surface area contributed by atoms with Crippen LogP contribution in [0.3, 0.4) is 0 Å². The molecule has 144 valence electrons. The molecule has 1 saturated carbocycles. The average Bonchev–Trinajstić information content (AvgIpc) is 2.51. The van der Waals surface area contributed by atoms with Crippen LogP contribution in [0.2, 0.25) is 5.02 Å². The molecule has 6 nitrogen and oxygen atoms in total. The molecule has 0 aliphatic heterocycles. The summed E-state index contributed by atoms with van der Waals surface area (Å²) in [4.78, 5) is 25.1. The molecule has 26 heavy (non-hydrogen) atoms. The lowest BCUT2D eigenvalue weighted by molar-refractivity contribution is -0.139. The number of carboxylic acids is 1. The fourth-order valence-corrected chi connectivity index (χ4v) is 3.54. The molecule has 0 saturated heterocycles. The predicted octanol–water partition coefficient (Wildman–Crippen LogP) is 2.89. The summed E-state index contributed by atoms with van der Waals surface area (Å²) >= 11 is 5.98. The van der Waals surface area contributed by atoms with Gasteiger partial charge in [0.05, 0.1) is 6.54 Å². The van der Waals surface area contributed by atoms with Crippen LogP contribution in [0.4, 0.5) is 5.69 Å². The highest BCUT2D eigenvalue weighted by Crippen LogP contribution is 2.26. The number of amides is 1. The molecule has 2 rings (SSSR count). The maximum absolute atomic E-state index is 12.2. The zero-order chi connectivity index (χ0) is 19.3. The number of nitrogens with zero attached hydrogens (tertiary/aromatic N) is 1. The number of anilines is 1. The van der Waals surface area contributed by atoms with Gasteiger partial charge in [0.2, 0.25) is 5.91 Å². The molecule has 7 heteroatoms. The number of nitrogens with one attached hydrogen (secondary N) is 2. The Morgan fingerprint density at radius 1 is 1.38 bits per heavy atom. The van der Waals surface area contributed by atoms with Crippen LogP contribution in [0.15, 0.2) is 18.2 Å². The summed E-state index contributed by atoms with van der Waals surface area (Å²) in [5.74, 6) is -0.836. The van der Waals surface area contributed by atoms with Crippen molar-refractivity contribution in [1.29, 1.82) is 0 Å². The Balaban J connectivity index is 1.74. The minimum absolute atomic E-state index is 0.0488. The molecule has 0 aromatic heterocycles. The Morgan fingerprint density at radius 2 is 2.08 bits per heavy atom. The van der Waals surface area contributed by atoms with Gasteiger partial charge in [0, 0.05) is 35.3 Å². The van der Waals surface area contributed by atoms with Gasteiger partial charge in [-0.15, -0.1) is 0 Å². The second-order valence-corrected chi connectivity index (χ2v) is 7.49. The van der Waals surface area contributed by atoms with E-state index in [0.29, 0.717) is 23.5 Å². The van der Waals surface area contributed by atoms with Crippen molar-refractivity contribution in [3.05, 3.63) is 28.8 Å². The molecule has 1 fully saturated rings. The number of carbonyl (C=O) groups excluding carboxylic acids is 1. The molecular formula is C19H28ClN3O3. The van der Waals surface area contributed by atoms with E-state index in [1.165, 1.54) is 0 Å². The van der Waals surface area contributed by atoms with Crippen LogP contribution in [0.1, 0.15) is 38.7 Å². The van der Waals surface area contributed by atoms with E-state index in [-0.39, 0.29) is 18.5 Å². The zero-order valence-corrected chi connectivity index (χ0v) is 16.3. The number of likely N-dealkylation sites (N-methyl/N-ethyl adjacent to an activating group) is 1. The van der Waals surface area contributed by atoms with E-state index < -0.39 is 5.97 Å². The van der Waals surface area contributed by atoms with Crippen molar-refractivity contribution in [2.45, 2.75) is 58.2 Å². The van der Waals surface area contributed by atoms with Gasteiger partial charge in [-0.05, 0) is 50.9 Å². The summed E-state index contributed by atoms with van der Waals surface area (Å²) in [5, 5.41) is 15.9. The number of benzene rings is 1. The molecule has 1 atom stereocenters. The summed E-state index contributed by atoms with van der Waals surface area (Å²) in [6, 6.07) is 6.13. The highest BCUT2D eigenvalue weighted by Gasteiger charge is 2.34. The average molecular weight is 382 g/mol. The number of carbonyl (C=O) groups is 2. The third kappa shape index (κ3) is 5.97. The van der Waals surface area contributed by atoms with Gasteiger partial charge in [0.15, 0.2) is 0 Å². The Kier molecular flexibility index (Phi) is 7.43. The lowest BCUT2D eigenvalue weighted by Crippen LogP contribution is -2.55. The third-order valence-corrected chi connectivity index (χ3v) is 5.09. The summed E-state index contributed by atoms with van der Waals surface area (Å²) in [6.45, 7) is 6.73. The van der Waals surface area contributed by atoms with Crippen LogP contribution < -0.4 is 10.6 Å². The first-order valence-electron chi connectivity index (χ1n) is 9.06. The molecule has 1 aliphatic carbocycles. The van der Waals surface area contributed by atoms with Gasteiger partial charge in [0.1, 0.15) is 0 Å². The molecule has 3 N–H and O–H groups in total. The Labute approximate surface area is 159 Å². The topological polar surface area (TPSA) is 81.7 Å². The van der Waals surface area contributed by atoms with Gasteiger partial charge in [-0.1, -0.05) is 24.6 Å². The maximum atomic E-state index is 12.2. The van der Waals surface area contributed by atoms with Gasteiger partial charge in [-0.3, -0.25) is 14.5 Å². The molecule has 1 aromatic rings. The van der Waals surface area contributed by atoms with Gasteiger partial charge < -0.3 is 15.7 Å². The molecule has 0 spiro atoms. The van der Waals surface area contributed by atoms with E-state index in [4.69, 9.17) is 16.7 Å². The summed E-state index contributed by atoms with van der Waals surface area (Å²) in [5.41, 5.74) is 1.72. The number of aryl methyl sites for hydroxylation is 1. The Hall–Kier alpha value is -1.63. The molecule has 1 unspecified atom stereocenters. The molecule has 0 bridgehead atoms. The zero-order valence-electron chi connectivity index (χ0n) is 15.6. The number of hydrogen-bond acceptors (Lipinski definition) is 4. The Morgan fingerprint density at radius 3 is 2.69 bits per heavy atom. The molecule has 1 amide bonds. The number of rotatable bonds is 9. The van der Waals surface area contributed by atoms with E-state index in [1.807, 2.05) is 31.7 Å². The smallest absolute Gasteiger partial charge is 0.317 e. The first-order valence-corrected chi connectivity index (χ1v) is 9.44. The second-order valence-electron chi connectivity index (χ2n) is 7.06. The normalized spacial score (nSPS) is 20.5. The summed E-state index contributed by atoms with van der Waals surface area (Å²) in [7, 11) is 0. The quantitative estimate of drug-likeness (QED) is 0.612. The fraction of sp³-hybridized carbons (Fsp3) is 0.579. The van der Waals surface area contributed by atoms with E-state index in [2.05, 4.69) is 10.6 Å². The monoisotopic (exact) mass is 381 g/mol. The van der Waals surface area contributed by atoms with E-state index in [9.17, 15) is 9.59 Å². The largest absolute Gasteiger partial charge is 0.480 e. The highest BCUT2D eigenvalue weighted by molar-refractivity contribution is 6.31. The molecule has 1 aliphatic rings. The maximum Gasteiger partial charge on any atom is 0.317 e. The predicted molar refractivity (Wildman–Crippen MR) is 104 cm³/mol. The molecule has 0 radical (unpaired) electrons. The number of halogens is 1. The lowest BCUT2D eigenvalue weighted by atomic mass is 9.84. The number of hydrogen-bond donors (Lipinski definition) is 3. The van der Waals surface area contributed by atoms with Gasteiger partial charge in [-0.25, -0.2) is 0 Å². The van der Waals surface area contributed by atoms with Crippen LogP contribution >= 0.6 is 11.6 Å². The van der Waals surface area contributed by atoms with Crippen molar-refractivity contribution in [2.75, 3.05) is 18.4 Å². The summed E-state index contributed by atoms with van der Waals surface area (Å²) in [6.07, 6.45) is 2.21. The minimum atomic E-state index is -0.787. The third-order valence-electron chi connectivity index (χ3n) is 4.86. The first-order chi connectivity index (χ1) is 12.3. The second kappa shape index (κ2) is 9.35. The molecular weight excluding hydrogens is 354 g/mol. The minimum Gasteiger partial charge on any atom is -0.480 e. The fourth-order valence-electron chi connectivity index (χ4n) is 3.36. The van der Waals surface area contributed by atoms with Crippen LogP contribution in [0.25, 0.3) is 0 Å². The van der Waals surface area contributed by atoms with Crippen LogP contribution in [0.5, 0.6) is 0 Å².